The molecule has 0 radical (unpaired) electrons. The number of nitrogens with zero attached hydrogens (tertiary/aromatic N) is 2. The molecule has 0 saturated heterocycles. The first kappa shape index (κ1) is 10.7. The van der Waals surface area contributed by atoms with Crippen LogP contribution in [-0.2, 0) is 0 Å². The van der Waals surface area contributed by atoms with Crippen LogP contribution >= 0.6 is 35.0 Å². The summed E-state index contributed by atoms with van der Waals surface area (Å²) in [7, 11) is 0. The molecule has 1 aromatic heterocycles. The Morgan fingerprint density at radius 2 is 1.73 bits per heavy atom. The van der Waals surface area contributed by atoms with E-state index >= 15 is 0 Å². The quantitative estimate of drug-likeness (QED) is 0.815. The highest BCUT2D eigenvalue weighted by Gasteiger charge is 2.00. The second-order valence-electron chi connectivity index (χ2n) is 2.74. The summed E-state index contributed by atoms with van der Waals surface area (Å²) in [5.41, 5.74) is 0. The van der Waals surface area contributed by atoms with E-state index in [1.54, 1.807) is 6.20 Å². The van der Waals surface area contributed by atoms with Gasteiger partial charge in [-0.3, -0.25) is 4.98 Å². The molecule has 5 heteroatoms. The van der Waals surface area contributed by atoms with Gasteiger partial charge in [0.15, 0.2) is 0 Å². The zero-order valence-electron chi connectivity index (χ0n) is 7.52. The molecule has 0 unspecified atom stereocenters. The summed E-state index contributed by atoms with van der Waals surface area (Å²) in [6, 6.07) is 7.52. The van der Waals surface area contributed by atoms with Crippen LogP contribution in [0.25, 0.3) is 0 Å². The summed E-state index contributed by atoms with van der Waals surface area (Å²) < 4.78 is 0. The molecule has 0 aliphatic heterocycles. The molecular formula is C10H6Cl2N2S. The number of rotatable bonds is 2. The van der Waals surface area contributed by atoms with Gasteiger partial charge in [-0.05, 0) is 24.3 Å². The molecule has 0 atom stereocenters. The third kappa shape index (κ3) is 3.09. The lowest BCUT2D eigenvalue weighted by Gasteiger charge is -2.00. The van der Waals surface area contributed by atoms with Gasteiger partial charge in [-0.15, -0.1) is 0 Å². The monoisotopic (exact) mass is 256 g/mol. The Balaban J connectivity index is 2.18. The maximum absolute atomic E-state index is 5.78. The Morgan fingerprint density at radius 1 is 1.00 bits per heavy atom. The van der Waals surface area contributed by atoms with Crippen LogP contribution in [0.4, 0.5) is 0 Å². The number of aromatic nitrogens is 2. The van der Waals surface area contributed by atoms with Gasteiger partial charge in [0.05, 0.1) is 12.4 Å². The third-order valence-corrected chi connectivity index (χ3v) is 2.97. The van der Waals surface area contributed by atoms with Crippen molar-refractivity contribution in [1.29, 1.82) is 0 Å². The lowest BCUT2D eigenvalue weighted by atomic mass is 10.4. The lowest BCUT2D eigenvalue weighted by molar-refractivity contribution is 1.06. The molecule has 2 rings (SSSR count). The minimum absolute atomic E-state index is 0.397. The molecule has 0 amide bonds. The summed E-state index contributed by atoms with van der Waals surface area (Å²) in [4.78, 5) is 9.13. The lowest BCUT2D eigenvalue weighted by Crippen LogP contribution is -1.82. The zero-order valence-corrected chi connectivity index (χ0v) is 9.85. The Morgan fingerprint density at radius 3 is 2.40 bits per heavy atom. The molecule has 2 nitrogen and oxygen atoms in total. The van der Waals surface area contributed by atoms with Crippen molar-refractivity contribution in [2.24, 2.45) is 0 Å². The summed E-state index contributed by atoms with van der Waals surface area (Å²) in [6.07, 6.45) is 3.18. The second-order valence-corrected chi connectivity index (χ2v) is 4.65. The number of halogens is 2. The van der Waals surface area contributed by atoms with Gasteiger partial charge in [-0.25, -0.2) is 4.98 Å². The predicted octanol–water partition coefficient (Wildman–Crippen LogP) is 3.93. The maximum atomic E-state index is 5.78. The minimum atomic E-state index is 0.397. The van der Waals surface area contributed by atoms with Gasteiger partial charge in [-0.2, -0.15) is 0 Å². The molecule has 0 N–H and O–H groups in total. The van der Waals surface area contributed by atoms with Gasteiger partial charge in [0, 0.05) is 9.92 Å². The van der Waals surface area contributed by atoms with E-state index in [4.69, 9.17) is 23.2 Å². The largest absolute Gasteiger partial charge is 0.259 e. The van der Waals surface area contributed by atoms with E-state index in [-0.39, 0.29) is 0 Å². The van der Waals surface area contributed by atoms with E-state index in [2.05, 4.69) is 9.97 Å². The Labute approximate surface area is 102 Å². The van der Waals surface area contributed by atoms with Gasteiger partial charge in [0.25, 0.3) is 0 Å². The fourth-order valence-corrected chi connectivity index (χ4v) is 2.09. The van der Waals surface area contributed by atoms with Crippen LogP contribution in [-0.4, -0.2) is 9.97 Å². The van der Waals surface area contributed by atoms with Crippen LogP contribution in [0.3, 0.4) is 0 Å². The van der Waals surface area contributed by atoms with Gasteiger partial charge in [0.1, 0.15) is 10.2 Å². The maximum Gasteiger partial charge on any atom is 0.148 e. The van der Waals surface area contributed by atoms with Crippen molar-refractivity contribution in [1.82, 2.24) is 9.97 Å². The molecule has 0 fully saturated rings. The van der Waals surface area contributed by atoms with Crippen LogP contribution in [0.1, 0.15) is 0 Å². The van der Waals surface area contributed by atoms with Gasteiger partial charge >= 0.3 is 0 Å². The van der Waals surface area contributed by atoms with Crippen LogP contribution in [0.2, 0.25) is 10.2 Å². The molecule has 0 saturated carbocycles. The predicted molar refractivity (Wildman–Crippen MR) is 62.6 cm³/mol. The highest BCUT2D eigenvalue weighted by Crippen LogP contribution is 2.27. The van der Waals surface area contributed by atoms with E-state index in [0.29, 0.717) is 5.15 Å². The smallest absolute Gasteiger partial charge is 0.148 e. The molecular weight excluding hydrogens is 251 g/mol. The highest BCUT2D eigenvalue weighted by atomic mass is 35.5. The van der Waals surface area contributed by atoms with E-state index < -0.39 is 0 Å². The topological polar surface area (TPSA) is 25.8 Å². The molecule has 1 heterocycles. The van der Waals surface area contributed by atoms with Crippen molar-refractivity contribution in [3.05, 3.63) is 46.8 Å². The van der Waals surface area contributed by atoms with Gasteiger partial charge < -0.3 is 0 Å². The Bertz CT molecular complexity index is 459. The van der Waals surface area contributed by atoms with Crippen LogP contribution in [0.15, 0.2) is 46.6 Å². The van der Waals surface area contributed by atoms with Crippen LogP contribution in [0, 0.1) is 0 Å². The SMILES string of the molecule is Clc1ccc(Sc2cncc(Cl)n2)cc1. The standard InChI is InChI=1S/C10H6Cl2N2S/c11-7-1-3-8(4-2-7)15-10-6-13-5-9(12)14-10/h1-6H. The van der Waals surface area contributed by atoms with Crippen LogP contribution < -0.4 is 0 Å². The minimum Gasteiger partial charge on any atom is -0.259 e. The van der Waals surface area contributed by atoms with Crippen molar-refractivity contribution >= 4 is 35.0 Å². The molecule has 0 spiro atoms. The molecule has 0 bridgehead atoms. The molecule has 0 aliphatic rings. The second kappa shape index (κ2) is 4.84. The van der Waals surface area contributed by atoms with Crippen molar-refractivity contribution in [3.63, 3.8) is 0 Å². The van der Waals surface area contributed by atoms with Crippen molar-refractivity contribution < 1.29 is 0 Å². The summed E-state index contributed by atoms with van der Waals surface area (Å²) in [5, 5.41) is 1.88. The number of hydrogen-bond acceptors (Lipinski definition) is 3. The van der Waals surface area contributed by atoms with Crippen LogP contribution in [0.5, 0.6) is 0 Å². The highest BCUT2D eigenvalue weighted by molar-refractivity contribution is 7.99. The first-order valence-corrected chi connectivity index (χ1v) is 5.72. The van der Waals surface area contributed by atoms with Gasteiger partial charge in [0.2, 0.25) is 0 Å². The van der Waals surface area contributed by atoms with E-state index in [0.717, 1.165) is 14.9 Å². The van der Waals surface area contributed by atoms with E-state index in [9.17, 15) is 0 Å². The summed E-state index contributed by atoms with van der Waals surface area (Å²) in [5.74, 6) is 0. The Kier molecular flexibility index (Phi) is 3.46. The first-order chi connectivity index (χ1) is 7.24. The number of benzene rings is 1. The van der Waals surface area contributed by atoms with Crippen molar-refractivity contribution in [2.45, 2.75) is 9.92 Å². The molecule has 76 valence electrons. The fraction of sp³-hybridized carbons (Fsp3) is 0. The van der Waals surface area contributed by atoms with Gasteiger partial charge in [-0.1, -0.05) is 35.0 Å². The average molecular weight is 257 g/mol. The van der Waals surface area contributed by atoms with Crippen molar-refractivity contribution in [3.8, 4) is 0 Å². The Hall–Kier alpha value is -0.770. The third-order valence-electron chi connectivity index (χ3n) is 1.62. The van der Waals surface area contributed by atoms with E-state index in [1.807, 2.05) is 24.3 Å². The average Bonchev–Trinajstić information content (AvgIpc) is 2.22. The van der Waals surface area contributed by atoms with E-state index in [1.165, 1.54) is 18.0 Å². The first-order valence-electron chi connectivity index (χ1n) is 4.15. The summed E-state index contributed by atoms with van der Waals surface area (Å²) in [6.45, 7) is 0. The fourth-order valence-electron chi connectivity index (χ4n) is 0.998. The molecule has 15 heavy (non-hydrogen) atoms. The normalized spacial score (nSPS) is 10.3. The molecule has 1 aromatic carbocycles. The zero-order chi connectivity index (χ0) is 10.7. The summed E-state index contributed by atoms with van der Waals surface area (Å²) >= 11 is 13.0. The number of hydrogen-bond donors (Lipinski definition) is 0. The molecule has 0 aliphatic carbocycles. The van der Waals surface area contributed by atoms with Crippen molar-refractivity contribution in [2.75, 3.05) is 0 Å². The molecule has 2 aromatic rings.